The lowest BCUT2D eigenvalue weighted by Crippen LogP contribution is -2.22. The van der Waals surface area contributed by atoms with Crippen molar-refractivity contribution in [3.8, 4) is 28.4 Å². The molecule has 0 radical (unpaired) electrons. The number of nitrogens with two attached hydrogens (primary N) is 1. The van der Waals surface area contributed by atoms with Gasteiger partial charge in [-0.2, -0.15) is 0 Å². The zero-order chi connectivity index (χ0) is 41.2. The molecule has 0 bridgehead atoms. The Kier molecular flexibility index (Phi) is 11.9. The minimum atomic E-state index is -5.42. The van der Waals surface area contributed by atoms with Crippen LogP contribution >= 0.6 is 31.9 Å². The summed E-state index contributed by atoms with van der Waals surface area (Å²) < 4.78 is 151. The monoisotopic (exact) mass is 953 g/mol. The van der Waals surface area contributed by atoms with E-state index in [1.165, 1.54) is 18.2 Å². The molecule has 0 fully saturated rings. The maximum absolute atomic E-state index is 13.8. The first-order valence-electron chi connectivity index (χ1n) is 14.7. The van der Waals surface area contributed by atoms with Crippen molar-refractivity contribution in [2.75, 3.05) is 9.44 Å². The van der Waals surface area contributed by atoms with Crippen molar-refractivity contribution < 1.29 is 67.0 Å². The van der Waals surface area contributed by atoms with Gasteiger partial charge in [-0.05, 0) is 60.2 Å². The Morgan fingerprint density at radius 2 is 1.25 bits per heavy atom. The van der Waals surface area contributed by atoms with Crippen LogP contribution in [-0.2, 0) is 20.0 Å². The molecule has 0 atom stereocenters. The second kappa shape index (κ2) is 16.0. The Bertz CT molecular complexity index is 2580. The number of amides is 1. The van der Waals surface area contributed by atoms with Crippen molar-refractivity contribution in [3.63, 3.8) is 0 Å². The van der Waals surface area contributed by atoms with Gasteiger partial charge in [0, 0.05) is 26.9 Å². The number of benzene rings is 3. The van der Waals surface area contributed by atoms with Gasteiger partial charge in [0.25, 0.3) is 20.0 Å². The normalized spacial score (nSPS) is 12.1. The summed E-state index contributed by atoms with van der Waals surface area (Å²) in [5, 5.41) is 0. The fourth-order valence-electron chi connectivity index (χ4n) is 4.66. The highest BCUT2D eigenvalue weighted by Gasteiger charge is 2.37. The molecule has 294 valence electrons. The maximum Gasteiger partial charge on any atom is 0.573 e. The van der Waals surface area contributed by atoms with Crippen molar-refractivity contribution in [3.05, 3.63) is 112 Å². The van der Waals surface area contributed by atoms with Gasteiger partial charge in [0.15, 0.2) is 5.75 Å². The molecule has 1 amide bonds. The number of halogens is 8. The van der Waals surface area contributed by atoms with Crippen molar-refractivity contribution in [1.82, 2.24) is 9.97 Å². The van der Waals surface area contributed by atoms with Gasteiger partial charge in [0.2, 0.25) is 5.91 Å². The molecule has 2 aromatic heterocycles. The van der Waals surface area contributed by atoms with Crippen LogP contribution in [0.15, 0.2) is 110 Å². The van der Waals surface area contributed by atoms with Crippen LogP contribution in [0.3, 0.4) is 0 Å². The van der Waals surface area contributed by atoms with Gasteiger partial charge in [-0.15, -0.1) is 26.3 Å². The second-order valence-corrected chi connectivity index (χ2v) is 16.0. The molecule has 0 aliphatic heterocycles. The largest absolute Gasteiger partial charge is 0.573 e. The number of primary amides is 1. The molecule has 0 saturated heterocycles. The average molecular weight is 955 g/mol. The van der Waals surface area contributed by atoms with Crippen LogP contribution in [0.2, 0.25) is 0 Å². The zero-order valence-electron chi connectivity index (χ0n) is 27.1. The molecule has 3 aromatic carbocycles. The lowest BCUT2D eigenvalue weighted by Gasteiger charge is -2.19. The summed E-state index contributed by atoms with van der Waals surface area (Å²) in [6, 6.07) is 11.3. The number of hydrogen-bond donors (Lipinski definition) is 3. The average Bonchev–Trinajstić information content (AvgIpc) is 3.08. The number of carbonyl (C=O) groups excluding carboxylic acids is 2. The fraction of sp³-hybridized carbons (Fsp3) is 0.0625. The lowest BCUT2D eigenvalue weighted by atomic mass is 10.0. The summed E-state index contributed by atoms with van der Waals surface area (Å²) in [6.45, 7) is 0. The predicted molar refractivity (Wildman–Crippen MR) is 191 cm³/mol. The van der Waals surface area contributed by atoms with E-state index in [9.17, 15) is 52.8 Å². The highest BCUT2D eigenvalue weighted by Crippen LogP contribution is 2.43. The number of carbonyl (C=O) groups is 2. The number of aromatic nitrogens is 2. The molecule has 0 aliphatic carbocycles. The summed E-state index contributed by atoms with van der Waals surface area (Å²) >= 11 is 6.06. The molecular formula is C32H19Br2F6N5O9S2. The first kappa shape index (κ1) is 41.7. The van der Waals surface area contributed by atoms with Gasteiger partial charge in [0.1, 0.15) is 21.3 Å². The van der Waals surface area contributed by atoms with Gasteiger partial charge in [-0.1, -0.05) is 44.0 Å². The molecule has 0 aliphatic rings. The molecule has 24 heteroatoms. The molecule has 4 N–H and O–H groups in total. The van der Waals surface area contributed by atoms with Gasteiger partial charge in [-0.3, -0.25) is 24.2 Å². The van der Waals surface area contributed by atoms with E-state index in [2.05, 4.69) is 51.3 Å². The summed E-state index contributed by atoms with van der Waals surface area (Å²) in [5.74, 6) is -4.71. The summed E-state index contributed by atoms with van der Waals surface area (Å²) in [5.41, 5.74) is 3.26. The highest BCUT2D eigenvalue weighted by molar-refractivity contribution is 9.10. The van der Waals surface area contributed by atoms with E-state index in [0.717, 1.165) is 73.3 Å². The first-order valence-corrected chi connectivity index (χ1v) is 19.3. The quantitative estimate of drug-likeness (QED) is 0.0639. The van der Waals surface area contributed by atoms with Crippen LogP contribution in [0.1, 0.15) is 20.7 Å². The fourth-order valence-corrected chi connectivity index (χ4v) is 8.18. The van der Waals surface area contributed by atoms with E-state index in [1.807, 2.05) is 9.44 Å². The number of pyridine rings is 2. The Morgan fingerprint density at radius 3 is 1.86 bits per heavy atom. The number of nitrogens with one attached hydrogen (secondary N) is 2. The van der Waals surface area contributed by atoms with Crippen LogP contribution in [0.5, 0.6) is 17.2 Å². The molecule has 5 rings (SSSR count). The van der Waals surface area contributed by atoms with E-state index >= 15 is 0 Å². The minimum Gasteiger partial charge on any atom is -0.423 e. The van der Waals surface area contributed by atoms with Crippen LogP contribution in [0.4, 0.5) is 37.7 Å². The van der Waals surface area contributed by atoms with E-state index < -0.39 is 82.8 Å². The first-order chi connectivity index (χ1) is 26.0. The third-order valence-electron chi connectivity index (χ3n) is 6.80. The summed E-state index contributed by atoms with van der Waals surface area (Å²) in [7, 11) is -9.72. The second-order valence-electron chi connectivity index (χ2n) is 10.9. The third kappa shape index (κ3) is 10.6. The van der Waals surface area contributed by atoms with E-state index in [1.54, 1.807) is 0 Å². The summed E-state index contributed by atoms with van der Waals surface area (Å²) in [6.07, 6.45) is -6.78. The number of alkyl halides is 6. The standard InChI is InChI=1S/C32H19Br2F6N5O9S2/c33-19-4-5-25(53-31(35,36)37)26(10-19)55(48,49)44-22-7-18(13-43-15-22)30(47)52-23-3-1-2-16(8-23)24-9-20(34)11-27(28(24)54-32(38,39)40)56(50,51)45-21-6-17(29(41)46)12-42-14-21/h1-15,44-45H,(H2,41,46). The molecule has 0 unspecified atom stereocenters. The van der Waals surface area contributed by atoms with E-state index in [4.69, 9.17) is 10.5 Å². The molecule has 14 nitrogen and oxygen atoms in total. The van der Waals surface area contributed by atoms with Gasteiger partial charge < -0.3 is 19.9 Å². The number of sulfonamides is 2. The highest BCUT2D eigenvalue weighted by atomic mass is 79.9. The van der Waals surface area contributed by atoms with Crippen LogP contribution in [0, 0.1) is 0 Å². The van der Waals surface area contributed by atoms with Crippen LogP contribution < -0.4 is 29.4 Å². The zero-order valence-corrected chi connectivity index (χ0v) is 32.0. The smallest absolute Gasteiger partial charge is 0.423 e. The number of anilines is 2. The molecular weight excluding hydrogens is 936 g/mol. The molecule has 5 aromatic rings. The van der Waals surface area contributed by atoms with Crippen molar-refractivity contribution in [2.24, 2.45) is 5.73 Å². The Morgan fingerprint density at radius 1 is 0.679 bits per heavy atom. The van der Waals surface area contributed by atoms with E-state index in [-0.39, 0.29) is 31.5 Å². The SMILES string of the molecule is NC(=O)c1cncc(NS(=O)(=O)c2cc(Br)cc(-c3cccc(OC(=O)c4cncc(NS(=O)(=O)c5cc(Br)ccc5OC(F)(F)F)c4)c3)c2OC(F)(F)F)c1. The topological polar surface area (TPSA) is 206 Å². The van der Waals surface area contributed by atoms with Gasteiger partial charge in [0.05, 0.1) is 34.9 Å². The van der Waals surface area contributed by atoms with Crippen molar-refractivity contribution in [2.45, 2.75) is 22.5 Å². The number of nitrogens with zero attached hydrogens (tertiary/aromatic N) is 2. The lowest BCUT2D eigenvalue weighted by molar-refractivity contribution is -0.276. The maximum atomic E-state index is 13.8. The number of hydrogen-bond acceptors (Lipinski definition) is 11. The third-order valence-corrected chi connectivity index (χ3v) is 10.5. The van der Waals surface area contributed by atoms with Crippen LogP contribution in [-0.4, -0.2) is 51.4 Å². The molecule has 0 saturated carbocycles. The van der Waals surface area contributed by atoms with Crippen molar-refractivity contribution in [1.29, 1.82) is 0 Å². The Labute approximate surface area is 328 Å². The number of ether oxygens (including phenoxy) is 3. The van der Waals surface area contributed by atoms with Gasteiger partial charge >= 0.3 is 18.7 Å². The molecule has 56 heavy (non-hydrogen) atoms. The minimum absolute atomic E-state index is 0.0425. The van der Waals surface area contributed by atoms with Crippen LogP contribution in [0.25, 0.3) is 11.1 Å². The van der Waals surface area contributed by atoms with Crippen molar-refractivity contribution >= 4 is 75.2 Å². The van der Waals surface area contributed by atoms with E-state index in [0.29, 0.717) is 0 Å². The summed E-state index contributed by atoms with van der Waals surface area (Å²) in [4.78, 5) is 30.2. The Balaban J connectivity index is 1.45. The Hall–Kier alpha value is -5.46. The molecule has 2 heterocycles. The number of esters is 1. The molecule has 0 spiro atoms. The predicted octanol–water partition coefficient (Wildman–Crippen LogP) is 7.39. The number of rotatable bonds is 12. The van der Waals surface area contributed by atoms with Gasteiger partial charge in [-0.25, -0.2) is 21.6 Å².